The van der Waals surface area contributed by atoms with Crippen LogP contribution in [-0.2, 0) is 13.0 Å². The van der Waals surface area contributed by atoms with E-state index < -0.39 is 0 Å². The monoisotopic (exact) mass is 273 g/mol. The maximum Gasteiger partial charge on any atom is 0.141 e. The quantitative estimate of drug-likeness (QED) is 0.824. The lowest BCUT2D eigenvalue weighted by molar-refractivity contribution is 0.722. The Hall–Kier alpha value is -1.79. The third kappa shape index (κ3) is 2.97. The van der Waals surface area contributed by atoms with Gasteiger partial charge in [0.1, 0.15) is 11.0 Å². The molecule has 3 nitrogen and oxygen atoms in total. The van der Waals surface area contributed by atoms with Gasteiger partial charge in [-0.1, -0.05) is 55.3 Å². The van der Waals surface area contributed by atoms with Crippen molar-refractivity contribution < 1.29 is 0 Å². The molecule has 0 N–H and O–H groups in total. The van der Waals surface area contributed by atoms with Crippen LogP contribution in [0, 0.1) is 11.3 Å². The predicted molar refractivity (Wildman–Crippen MR) is 76.9 cm³/mol. The minimum absolute atomic E-state index is 0.432. The fraction of sp³-hybridized carbons (Fsp3) is 0.333. The number of rotatable bonds is 5. The first-order valence-electron chi connectivity index (χ1n) is 6.45. The number of aryl methyl sites for hydroxylation is 1. The summed E-state index contributed by atoms with van der Waals surface area (Å²) < 4.78 is 1.94. The second-order valence-electron chi connectivity index (χ2n) is 4.35. The summed E-state index contributed by atoms with van der Waals surface area (Å²) >= 11 is 6.38. The van der Waals surface area contributed by atoms with E-state index in [1.165, 1.54) is 0 Å². The molecule has 0 bridgehead atoms. The summed E-state index contributed by atoms with van der Waals surface area (Å²) in [7, 11) is 0. The second-order valence-corrected chi connectivity index (χ2v) is 4.71. The lowest BCUT2D eigenvalue weighted by Crippen LogP contribution is -2.00. The maximum absolute atomic E-state index is 8.76. The molecule has 1 aromatic carbocycles. The van der Waals surface area contributed by atoms with Gasteiger partial charge in [-0.2, -0.15) is 5.26 Å². The molecule has 98 valence electrons. The number of imidazole rings is 1. The Bertz CT molecular complexity index is 581. The van der Waals surface area contributed by atoms with Crippen molar-refractivity contribution >= 4 is 11.6 Å². The fourth-order valence-electron chi connectivity index (χ4n) is 2.05. The second kappa shape index (κ2) is 6.40. The summed E-state index contributed by atoms with van der Waals surface area (Å²) in [6.07, 6.45) is 2.29. The van der Waals surface area contributed by atoms with E-state index in [4.69, 9.17) is 16.9 Å². The zero-order chi connectivity index (χ0) is 13.7. The van der Waals surface area contributed by atoms with Gasteiger partial charge in [0.05, 0.1) is 18.2 Å². The summed E-state index contributed by atoms with van der Waals surface area (Å²) in [5.74, 6) is 0.851. The molecule has 19 heavy (non-hydrogen) atoms. The summed E-state index contributed by atoms with van der Waals surface area (Å²) in [5, 5.41) is 9.43. The largest absolute Gasteiger partial charge is 0.314 e. The van der Waals surface area contributed by atoms with E-state index in [2.05, 4.69) is 18.0 Å². The van der Waals surface area contributed by atoms with Gasteiger partial charge in [-0.15, -0.1) is 0 Å². The smallest absolute Gasteiger partial charge is 0.141 e. The Morgan fingerprint density at radius 2 is 2.05 bits per heavy atom. The lowest BCUT2D eigenvalue weighted by Gasteiger charge is -2.06. The Morgan fingerprint density at radius 1 is 1.32 bits per heavy atom. The molecular formula is C15H16ClN3. The first-order chi connectivity index (χ1) is 9.27. The molecule has 4 heteroatoms. The molecule has 0 aliphatic carbocycles. The molecule has 0 saturated carbocycles. The average molecular weight is 274 g/mol. The van der Waals surface area contributed by atoms with Crippen LogP contribution in [0.4, 0.5) is 0 Å². The molecule has 0 unspecified atom stereocenters. The number of hydrogen-bond acceptors (Lipinski definition) is 2. The highest BCUT2D eigenvalue weighted by atomic mass is 35.5. The molecule has 0 aliphatic heterocycles. The maximum atomic E-state index is 8.76. The lowest BCUT2D eigenvalue weighted by atomic mass is 10.2. The highest BCUT2D eigenvalue weighted by Crippen LogP contribution is 2.27. The molecule has 0 atom stereocenters. The number of nitrogens with zero attached hydrogens (tertiary/aromatic N) is 3. The van der Waals surface area contributed by atoms with Gasteiger partial charge in [0.15, 0.2) is 0 Å². The standard InChI is InChI=1S/C15H16ClN3/c1-2-7-13-14(16)19(11-6-10-17)15(18-13)12-8-4-3-5-9-12/h3-5,8-9H,2,6-7,11H2,1H3. The van der Waals surface area contributed by atoms with Crippen molar-refractivity contribution in [3.8, 4) is 17.5 Å². The van der Waals surface area contributed by atoms with Gasteiger partial charge in [-0.3, -0.25) is 0 Å². The van der Waals surface area contributed by atoms with Crippen LogP contribution in [0.1, 0.15) is 25.5 Å². The van der Waals surface area contributed by atoms with Crippen molar-refractivity contribution in [2.45, 2.75) is 32.7 Å². The van der Waals surface area contributed by atoms with E-state index in [-0.39, 0.29) is 0 Å². The summed E-state index contributed by atoms with van der Waals surface area (Å²) in [6, 6.07) is 12.1. The van der Waals surface area contributed by atoms with Gasteiger partial charge in [-0.05, 0) is 6.42 Å². The van der Waals surface area contributed by atoms with Gasteiger partial charge in [0.2, 0.25) is 0 Å². The first kappa shape index (κ1) is 13.6. The van der Waals surface area contributed by atoms with Gasteiger partial charge in [-0.25, -0.2) is 4.98 Å². The molecule has 0 amide bonds. The Labute approximate surface area is 118 Å². The topological polar surface area (TPSA) is 41.6 Å². The van der Waals surface area contributed by atoms with Gasteiger partial charge in [0, 0.05) is 12.1 Å². The van der Waals surface area contributed by atoms with Crippen LogP contribution in [0.25, 0.3) is 11.4 Å². The Balaban J connectivity index is 2.46. The predicted octanol–water partition coefficient (Wildman–Crippen LogP) is 4.07. The average Bonchev–Trinajstić information content (AvgIpc) is 2.75. The van der Waals surface area contributed by atoms with E-state index >= 15 is 0 Å². The van der Waals surface area contributed by atoms with Crippen LogP contribution >= 0.6 is 11.6 Å². The van der Waals surface area contributed by atoms with E-state index in [0.29, 0.717) is 18.1 Å². The van der Waals surface area contributed by atoms with Gasteiger partial charge < -0.3 is 4.57 Å². The van der Waals surface area contributed by atoms with Crippen LogP contribution < -0.4 is 0 Å². The summed E-state index contributed by atoms with van der Waals surface area (Å²) in [6.45, 7) is 2.68. The number of halogens is 1. The third-order valence-corrected chi connectivity index (χ3v) is 3.36. The minimum atomic E-state index is 0.432. The summed E-state index contributed by atoms with van der Waals surface area (Å²) in [5.41, 5.74) is 1.95. The molecule has 2 rings (SSSR count). The van der Waals surface area contributed by atoms with E-state index in [1.54, 1.807) is 0 Å². The molecule has 0 spiro atoms. The molecule has 1 aromatic heterocycles. The molecular weight excluding hydrogens is 258 g/mol. The Kier molecular flexibility index (Phi) is 4.59. The van der Waals surface area contributed by atoms with E-state index in [0.717, 1.165) is 29.9 Å². The molecule has 0 radical (unpaired) electrons. The van der Waals surface area contributed by atoms with Gasteiger partial charge >= 0.3 is 0 Å². The molecule has 0 fully saturated rings. The number of hydrogen-bond donors (Lipinski definition) is 0. The van der Waals surface area contributed by atoms with Crippen LogP contribution in [0.15, 0.2) is 30.3 Å². The first-order valence-corrected chi connectivity index (χ1v) is 6.83. The number of benzene rings is 1. The minimum Gasteiger partial charge on any atom is -0.314 e. The van der Waals surface area contributed by atoms with Crippen LogP contribution in [-0.4, -0.2) is 9.55 Å². The van der Waals surface area contributed by atoms with E-state index in [9.17, 15) is 0 Å². The molecule has 1 heterocycles. The summed E-state index contributed by atoms with van der Waals surface area (Å²) in [4.78, 5) is 4.64. The normalized spacial score (nSPS) is 10.4. The zero-order valence-electron chi connectivity index (χ0n) is 10.9. The van der Waals surface area contributed by atoms with Crippen molar-refractivity contribution in [3.63, 3.8) is 0 Å². The van der Waals surface area contributed by atoms with Crippen molar-refractivity contribution in [3.05, 3.63) is 41.2 Å². The highest BCUT2D eigenvalue weighted by molar-refractivity contribution is 6.30. The molecule has 2 aromatic rings. The zero-order valence-corrected chi connectivity index (χ0v) is 11.7. The van der Waals surface area contributed by atoms with Crippen LogP contribution in [0.5, 0.6) is 0 Å². The molecule has 0 aliphatic rings. The number of nitriles is 1. The SMILES string of the molecule is CCCc1nc(-c2ccccc2)n(CCC#N)c1Cl. The van der Waals surface area contributed by atoms with E-state index in [1.807, 2.05) is 34.9 Å². The Morgan fingerprint density at radius 3 is 2.68 bits per heavy atom. The van der Waals surface area contributed by atoms with Crippen molar-refractivity contribution in [2.75, 3.05) is 0 Å². The van der Waals surface area contributed by atoms with Gasteiger partial charge in [0.25, 0.3) is 0 Å². The van der Waals surface area contributed by atoms with Crippen molar-refractivity contribution in [1.29, 1.82) is 5.26 Å². The van der Waals surface area contributed by atoms with Crippen molar-refractivity contribution in [1.82, 2.24) is 9.55 Å². The molecule has 0 saturated heterocycles. The highest BCUT2D eigenvalue weighted by Gasteiger charge is 2.15. The van der Waals surface area contributed by atoms with Crippen molar-refractivity contribution in [2.24, 2.45) is 0 Å². The third-order valence-electron chi connectivity index (χ3n) is 2.94. The fourth-order valence-corrected chi connectivity index (χ4v) is 2.35. The van der Waals surface area contributed by atoms with Crippen LogP contribution in [0.3, 0.4) is 0 Å². The van der Waals surface area contributed by atoms with Crippen LogP contribution in [0.2, 0.25) is 5.15 Å². The number of aromatic nitrogens is 2.